The van der Waals surface area contributed by atoms with E-state index in [0.29, 0.717) is 46.2 Å². The molecule has 1 atom stereocenters. The number of urea groups is 1. The maximum atomic E-state index is 14.1. The van der Waals surface area contributed by atoms with Gasteiger partial charge >= 0.3 is 18.2 Å². The number of ether oxygens (including phenoxy) is 1. The van der Waals surface area contributed by atoms with Gasteiger partial charge in [0, 0.05) is 41.9 Å². The third-order valence-corrected chi connectivity index (χ3v) is 7.90. The lowest BCUT2D eigenvalue weighted by Crippen LogP contribution is -2.56. The Balaban J connectivity index is 1.30. The lowest BCUT2D eigenvalue weighted by Gasteiger charge is -2.45. The molecule has 1 saturated heterocycles. The van der Waals surface area contributed by atoms with Gasteiger partial charge in [0.2, 0.25) is 0 Å². The topological polar surface area (TPSA) is 101 Å². The average Bonchev–Trinajstić information content (AvgIpc) is 3.57. The summed E-state index contributed by atoms with van der Waals surface area (Å²) in [4.78, 5) is 38.8. The molecule has 2 aromatic heterocycles. The highest BCUT2D eigenvalue weighted by Gasteiger charge is 2.38. The Morgan fingerprint density at radius 3 is 2.67 bits per heavy atom. The number of carbonyl (C=O) groups excluding carboxylic acids is 2. The molecule has 2 aromatic carbocycles. The number of aromatic nitrogens is 2. The first-order valence-corrected chi connectivity index (χ1v) is 15.6. The maximum absolute atomic E-state index is 14.1. The molecule has 0 aliphatic carbocycles. The number of hydrogen-bond donors (Lipinski definition) is 1. The molecule has 2 aliphatic heterocycles. The largest absolute Gasteiger partial charge is 0.460 e. The Labute approximate surface area is 276 Å². The van der Waals surface area contributed by atoms with Crippen LogP contribution < -0.4 is 15.1 Å². The highest BCUT2D eigenvalue weighted by atomic mass is 19.4. The summed E-state index contributed by atoms with van der Waals surface area (Å²) in [5.41, 5.74) is 1.67. The number of hydrogen-bond acceptors (Lipinski definition) is 7. The van der Waals surface area contributed by atoms with Crippen LogP contribution in [0.5, 0.6) is 0 Å². The number of piperidine rings is 1. The van der Waals surface area contributed by atoms with Crippen molar-refractivity contribution in [2.24, 2.45) is 0 Å². The molecule has 2 amide bonds. The second kappa shape index (κ2) is 13.1. The smallest absolute Gasteiger partial charge is 0.416 e. The monoisotopic (exact) mass is 657 g/mol. The van der Waals surface area contributed by atoms with Gasteiger partial charge in [-0.3, -0.25) is 9.69 Å². The predicted molar refractivity (Wildman–Crippen MR) is 175 cm³/mol. The van der Waals surface area contributed by atoms with Crippen molar-refractivity contribution in [3.63, 3.8) is 0 Å². The van der Waals surface area contributed by atoms with E-state index in [-0.39, 0.29) is 24.9 Å². The second-order valence-corrected chi connectivity index (χ2v) is 12.7. The SMILES string of the molecule is CC(C)(C)OC(=O)CCC#Cc1cc(NC(=O)N2c3nc(-c4cccc(C(F)(F)F)c4)ccc3N3CCC[C@H]2C3)cc(-c2cnco2)c1. The third kappa shape index (κ3) is 7.46. The van der Waals surface area contributed by atoms with Crippen LogP contribution in [0.4, 0.5) is 35.2 Å². The fourth-order valence-corrected chi connectivity index (χ4v) is 5.88. The maximum Gasteiger partial charge on any atom is 0.416 e. The van der Waals surface area contributed by atoms with E-state index in [2.05, 4.69) is 27.0 Å². The summed E-state index contributed by atoms with van der Waals surface area (Å²) in [6.07, 6.45) is 0.389. The quantitative estimate of drug-likeness (QED) is 0.172. The summed E-state index contributed by atoms with van der Waals surface area (Å²) in [6.45, 7) is 6.81. The lowest BCUT2D eigenvalue weighted by molar-refractivity contribution is -0.154. The Kier molecular flexibility index (Phi) is 8.88. The first-order chi connectivity index (χ1) is 22.8. The van der Waals surface area contributed by atoms with Gasteiger partial charge in [0.1, 0.15) is 5.60 Å². The van der Waals surface area contributed by atoms with E-state index in [1.165, 1.54) is 12.5 Å². The van der Waals surface area contributed by atoms with Gasteiger partial charge in [-0.25, -0.2) is 14.8 Å². The van der Waals surface area contributed by atoms with Crippen LogP contribution in [-0.2, 0) is 15.7 Å². The molecular formula is C36H34F3N5O4. The van der Waals surface area contributed by atoms with Gasteiger partial charge < -0.3 is 19.4 Å². The Morgan fingerprint density at radius 2 is 1.92 bits per heavy atom. The molecule has 2 aliphatic rings. The number of halogens is 3. The summed E-state index contributed by atoms with van der Waals surface area (Å²) in [5.74, 6) is 6.59. The number of esters is 1. The van der Waals surface area contributed by atoms with Crippen molar-refractivity contribution < 1.29 is 31.9 Å². The number of nitrogens with one attached hydrogen (secondary N) is 1. The van der Waals surface area contributed by atoms with Gasteiger partial charge in [-0.15, -0.1) is 0 Å². The fourth-order valence-electron chi connectivity index (χ4n) is 5.88. The molecule has 6 rings (SSSR count). The standard InChI is InChI=1S/C36H34F3N5O4/c1-35(2,3)48-32(45)12-5-4-8-23-16-25(31-20-40-22-47-31)19-27(17-23)41-34(46)44-28-11-7-15-43(21-28)30-14-13-29(42-33(30)44)24-9-6-10-26(18-24)36(37,38)39/h6,9-10,13-14,16-20,22,28H,5,7,11-12,15,21H2,1-3H3,(H,41,46)/t28-/m0/s1. The fraction of sp³-hybridized carbons (Fsp3) is 0.333. The Bertz CT molecular complexity index is 1890. The average molecular weight is 658 g/mol. The molecule has 2 bridgehead atoms. The van der Waals surface area contributed by atoms with E-state index in [1.807, 2.05) is 6.07 Å². The summed E-state index contributed by atoms with van der Waals surface area (Å²) in [6, 6.07) is 13.1. The van der Waals surface area contributed by atoms with Crippen LogP contribution in [0.25, 0.3) is 22.6 Å². The van der Waals surface area contributed by atoms with Crippen LogP contribution >= 0.6 is 0 Å². The summed E-state index contributed by atoms with van der Waals surface area (Å²) in [5, 5.41) is 3.00. The summed E-state index contributed by atoms with van der Waals surface area (Å²) < 4.78 is 51.3. The van der Waals surface area contributed by atoms with Gasteiger partial charge in [0.25, 0.3) is 0 Å². The Hall–Kier alpha value is -5.31. The second-order valence-electron chi connectivity index (χ2n) is 12.7. The molecule has 0 unspecified atom stereocenters. The van der Waals surface area contributed by atoms with E-state index in [4.69, 9.17) is 14.1 Å². The lowest BCUT2D eigenvalue weighted by atomic mass is 9.99. The zero-order chi connectivity index (χ0) is 34.1. The summed E-state index contributed by atoms with van der Waals surface area (Å²) in [7, 11) is 0. The van der Waals surface area contributed by atoms with Crippen LogP contribution in [0.3, 0.4) is 0 Å². The van der Waals surface area contributed by atoms with Crippen LogP contribution in [0.2, 0.25) is 0 Å². The molecule has 248 valence electrons. The van der Waals surface area contributed by atoms with Crippen LogP contribution in [0.15, 0.2) is 71.6 Å². The van der Waals surface area contributed by atoms with Gasteiger partial charge in [-0.2, -0.15) is 13.2 Å². The third-order valence-electron chi connectivity index (χ3n) is 7.90. The molecule has 0 radical (unpaired) electrons. The van der Waals surface area contributed by atoms with E-state index in [9.17, 15) is 22.8 Å². The zero-order valence-corrected chi connectivity index (χ0v) is 26.7. The van der Waals surface area contributed by atoms with Crippen molar-refractivity contribution in [1.82, 2.24) is 9.97 Å². The van der Waals surface area contributed by atoms with Crippen molar-refractivity contribution in [2.45, 2.75) is 64.3 Å². The normalized spacial score (nSPS) is 15.7. The van der Waals surface area contributed by atoms with Crippen molar-refractivity contribution in [3.05, 3.63) is 78.3 Å². The number of oxazole rings is 1. The number of fused-ring (bicyclic) bond motifs is 4. The van der Waals surface area contributed by atoms with Crippen molar-refractivity contribution in [3.8, 4) is 34.4 Å². The molecule has 1 fully saturated rings. The highest BCUT2D eigenvalue weighted by molar-refractivity contribution is 6.05. The minimum Gasteiger partial charge on any atom is -0.460 e. The van der Waals surface area contributed by atoms with Gasteiger partial charge in [0.15, 0.2) is 18.0 Å². The molecule has 0 spiro atoms. The molecule has 1 N–H and O–H groups in total. The zero-order valence-electron chi connectivity index (χ0n) is 26.7. The van der Waals surface area contributed by atoms with Crippen LogP contribution in [0, 0.1) is 11.8 Å². The van der Waals surface area contributed by atoms with Crippen LogP contribution in [-0.4, -0.2) is 46.7 Å². The van der Waals surface area contributed by atoms with E-state index >= 15 is 0 Å². The molecule has 9 nitrogen and oxygen atoms in total. The minimum atomic E-state index is -4.50. The summed E-state index contributed by atoms with van der Waals surface area (Å²) >= 11 is 0. The molecule has 48 heavy (non-hydrogen) atoms. The predicted octanol–water partition coefficient (Wildman–Crippen LogP) is 7.92. The first-order valence-electron chi connectivity index (χ1n) is 15.6. The Morgan fingerprint density at radius 1 is 1.08 bits per heavy atom. The minimum absolute atomic E-state index is 0.137. The molecular weight excluding hydrogens is 623 g/mol. The number of amides is 2. The number of rotatable bonds is 5. The molecule has 4 aromatic rings. The number of pyridine rings is 1. The van der Waals surface area contributed by atoms with Gasteiger partial charge in [-0.1, -0.05) is 24.0 Å². The van der Waals surface area contributed by atoms with E-state index < -0.39 is 23.4 Å². The molecule has 0 saturated carbocycles. The number of benzene rings is 2. The first kappa shape index (κ1) is 32.6. The van der Waals surface area contributed by atoms with Crippen molar-refractivity contribution in [1.29, 1.82) is 0 Å². The van der Waals surface area contributed by atoms with Crippen molar-refractivity contribution in [2.75, 3.05) is 28.2 Å². The molecule has 4 heterocycles. The van der Waals surface area contributed by atoms with Crippen LogP contribution in [0.1, 0.15) is 57.6 Å². The number of alkyl halides is 3. The van der Waals surface area contributed by atoms with E-state index in [1.54, 1.807) is 62.2 Å². The van der Waals surface area contributed by atoms with Crippen molar-refractivity contribution >= 4 is 29.2 Å². The number of anilines is 3. The van der Waals surface area contributed by atoms with Gasteiger partial charge in [0.05, 0.1) is 35.6 Å². The highest BCUT2D eigenvalue weighted by Crippen LogP contribution is 2.40. The van der Waals surface area contributed by atoms with E-state index in [0.717, 1.165) is 37.2 Å². The number of nitrogens with zero attached hydrogens (tertiary/aromatic N) is 4. The van der Waals surface area contributed by atoms with Gasteiger partial charge in [-0.05, 0) is 76.1 Å². The number of carbonyl (C=O) groups is 2. The molecule has 12 heteroatoms.